The summed E-state index contributed by atoms with van der Waals surface area (Å²) in [5, 5.41) is 12.5. The van der Waals surface area contributed by atoms with Crippen LogP contribution in [0, 0.1) is 53.4 Å². The molecule has 0 aliphatic heterocycles. The summed E-state index contributed by atoms with van der Waals surface area (Å²) < 4.78 is 0. The van der Waals surface area contributed by atoms with E-state index in [0.717, 1.165) is 0 Å². The fraction of sp³-hybridized carbons (Fsp3) is 0. The number of rotatable bonds is 0. The van der Waals surface area contributed by atoms with E-state index >= 15 is 0 Å². The van der Waals surface area contributed by atoms with Crippen LogP contribution in [-0.4, -0.2) is 0 Å². The van der Waals surface area contributed by atoms with Crippen LogP contribution in [0.15, 0.2) is 0 Å². The van der Waals surface area contributed by atoms with Crippen LogP contribution in [0.3, 0.4) is 0 Å². The van der Waals surface area contributed by atoms with Crippen LogP contribution in [0.25, 0.3) is 0 Å². The van der Waals surface area contributed by atoms with Gasteiger partial charge >= 0.3 is 44.8 Å². The molecular weight excluding hydrogens is 494 g/mol. The first-order valence-corrected chi connectivity index (χ1v) is 0.447. The molecule has 68 valence electrons. The molecule has 0 amide bonds. The van der Waals surface area contributed by atoms with Crippen molar-refractivity contribution in [2.75, 3.05) is 0 Å². The van der Waals surface area contributed by atoms with Crippen LogP contribution in [0.4, 0.5) is 0 Å². The molecule has 0 saturated heterocycles. The Balaban J connectivity index is -0.000000000833. The second kappa shape index (κ2) is 3190. The van der Waals surface area contributed by atoms with Gasteiger partial charge in [-0.3, -0.25) is 0 Å². The van der Waals surface area contributed by atoms with E-state index in [2.05, 4.69) is 0 Å². The Labute approximate surface area is 97.6 Å². The van der Waals surface area contributed by atoms with Gasteiger partial charge in [-0.1, -0.05) is 0 Å². The summed E-state index contributed by atoms with van der Waals surface area (Å²) in [6.45, 7) is 9.50. The van der Waals surface area contributed by atoms with Gasteiger partial charge in [0.2, 0.25) is 0 Å². The minimum absolute atomic E-state index is 0. The molecule has 0 radical (unpaired) electrons. The SMILES string of the molecule is [Au+3].[Au+3].[C-]#N.[C-]#N.[CH3-].[CH3-].[CH3-].[CH3-]. The summed E-state index contributed by atoms with van der Waals surface area (Å²) in [6.07, 6.45) is 0. The molecule has 0 atom stereocenters. The van der Waals surface area contributed by atoms with Crippen molar-refractivity contribution in [1.82, 2.24) is 0 Å². The maximum Gasteiger partial charge on any atom is 3.00 e. The molecule has 10 heavy (non-hydrogen) atoms. The molecule has 0 bridgehead atoms. The van der Waals surface area contributed by atoms with Crippen LogP contribution in [0.1, 0.15) is 0 Å². The van der Waals surface area contributed by atoms with Crippen molar-refractivity contribution in [3.05, 3.63) is 42.9 Å². The first-order valence-electron chi connectivity index (χ1n) is 0.447. The second-order valence-corrected chi connectivity index (χ2v) is 0. The predicted octanol–water partition coefficient (Wildman–Crippen LogP) is 1.99. The van der Waals surface area contributed by atoms with E-state index in [1.807, 2.05) is 0 Å². The summed E-state index contributed by atoms with van der Waals surface area (Å²) in [7, 11) is 0. The van der Waals surface area contributed by atoms with Crippen molar-refractivity contribution in [2.45, 2.75) is 0 Å². The Bertz CT molecular complexity index is 29.2. The van der Waals surface area contributed by atoms with Crippen molar-refractivity contribution < 1.29 is 44.8 Å². The number of hydrogen-bond acceptors (Lipinski definition) is 2. The van der Waals surface area contributed by atoms with Gasteiger partial charge in [0.1, 0.15) is 0 Å². The summed E-state index contributed by atoms with van der Waals surface area (Å²) in [5.41, 5.74) is 0. The molecule has 4 heteroatoms. The zero-order chi connectivity index (χ0) is 4.00. The van der Waals surface area contributed by atoms with Gasteiger partial charge in [-0.25, -0.2) is 0 Å². The monoisotopic (exact) mass is 506 g/mol. The van der Waals surface area contributed by atoms with Gasteiger partial charge in [0.05, 0.1) is 0 Å². The molecule has 0 spiro atoms. The Morgan fingerprint density at radius 1 is 0.500 bits per heavy atom. The molecule has 0 aliphatic carbocycles. The second-order valence-electron chi connectivity index (χ2n) is 0. The minimum Gasteiger partial charge on any atom is -0.512 e. The third-order valence-corrected chi connectivity index (χ3v) is 0. The van der Waals surface area contributed by atoms with Crippen molar-refractivity contribution in [3.8, 4) is 0 Å². The molecule has 0 aromatic heterocycles. The quantitative estimate of drug-likeness (QED) is 0.373. The van der Waals surface area contributed by atoms with Crippen molar-refractivity contribution >= 4 is 0 Å². The van der Waals surface area contributed by atoms with Crippen LogP contribution in [0.5, 0.6) is 0 Å². The summed E-state index contributed by atoms with van der Waals surface area (Å²) in [6, 6.07) is 0. The van der Waals surface area contributed by atoms with Crippen molar-refractivity contribution in [1.29, 1.82) is 10.5 Å². The minimum atomic E-state index is 0. The molecule has 0 saturated carbocycles. The molecule has 0 N–H and O–H groups in total. The molecule has 2 nitrogen and oxygen atoms in total. The van der Waals surface area contributed by atoms with E-state index in [9.17, 15) is 0 Å². The fourth-order valence-corrected chi connectivity index (χ4v) is 0. The molecule has 0 aromatic rings. The Morgan fingerprint density at radius 3 is 0.500 bits per heavy atom. The van der Waals surface area contributed by atoms with Crippen molar-refractivity contribution in [2.24, 2.45) is 0 Å². The molecule has 0 unspecified atom stereocenters. The zero-order valence-corrected chi connectivity index (χ0v) is 10.8. The Kier molecular flexibility index (Phi) is 49400. The van der Waals surface area contributed by atoms with E-state index in [0.29, 0.717) is 0 Å². The smallest absolute Gasteiger partial charge is 0.512 e. The molecular formula is C6H12Au2N2. The third-order valence-electron chi connectivity index (χ3n) is 0. The summed E-state index contributed by atoms with van der Waals surface area (Å²) in [4.78, 5) is 0. The summed E-state index contributed by atoms with van der Waals surface area (Å²) >= 11 is 0. The first kappa shape index (κ1) is 155. The van der Waals surface area contributed by atoms with Crippen LogP contribution in [0.2, 0.25) is 0 Å². The topological polar surface area (TPSA) is 47.6 Å². The molecule has 0 rings (SSSR count). The van der Waals surface area contributed by atoms with Crippen LogP contribution >= 0.6 is 0 Å². The van der Waals surface area contributed by atoms with Gasteiger partial charge < -0.3 is 53.4 Å². The van der Waals surface area contributed by atoms with Gasteiger partial charge in [-0.2, -0.15) is 0 Å². The Morgan fingerprint density at radius 2 is 0.500 bits per heavy atom. The van der Waals surface area contributed by atoms with Crippen molar-refractivity contribution in [3.63, 3.8) is 0 Å². The zero-order valence-electron chi connectivity index (χ0n) is 6.50. The molecule has 0 heterocycles. The van der Waals surface area contributed by atoms with E-state index < -0.39 is 0 Å². The third kappa shape index (κ3) is 2220. The van der Waals surface area contributed by atoms with Crippen LogP contribution in [-0.2, 0) is 44.8 Å². The number of hydrogen-bond donors (Lipinski definition) is 0. The fourth-order valence-electron chi connectivity index (χ4n) is 0. The number of nitrogens with zero attached hydrogens (tertiary/aromatic N) is 2. The maximum atomic E-state index is 6.25. The average molecular weight is 506 g/mol. The van der Waals surface area contributed by atoms with E-state index in [-0.39, 0.29) is 74.5 Å². The van der Waals surface area contributed by atoms with Gasteiger partial charge in [0.15, 0.2) is 0 Å². The summed E-state index contributed by atoms with van der Waals surface area (Å²) in [5.74, 6) is 0. The Hall–Kier alpha value is 0.461. The van der Waals surface area contributed by atoms with E-state index in [4.69, 9.17) is 23.7 Å². The molecule has 0 aromatic carbocycles. The van der Waals surface area contributed by atoms with Crippen LogP contribution < -0.4 is 0 Å². The molecule has 0 aliphatic rings. The van der Waals surface area contributed by atoms with Gasteiger partial charge in [0, 0.05) is 0 Å². The maximum absolute atomic E-state index is 6.25. The first-order chi connectivity index (χ1) is 2.00. The van der Waals surface area contributed by atoms with Gasteiger partial charge in [-0.05, 0) is 0 Å². The predicted molar refractivity (Wildman–Crippen MR) is 35.6 cm³/mol. The van der Waals surface area contributed by atoms with E-state index in [1.165, 1.54) is 0 Å². The molecule has 0 fully saturated rings. The standard InChI is InChI=1S/2CN.4CH3.2Au/c2*1-2;;;;;;/h;;4*1H3;;/q6*-1;2*+3. The van der Waals surface area contributed by atoms with Gasteiger partial charge in [-0.15, -0.1) is 0 Å². The van der Waals surface area contributed by atoms with E-state index in [1.54, 1.807) is 0 Å². The van der Waals surface area contributed by atoms with Gasteiger partial charge in [0.25, 0.3) is 0 Å². The normalized spacial score (nSPS) is 0.400. The average Bonchev–Trinajstić information content (AvgIpc) is 1.50. The largest absolute Gasteiger partial charge is 3.00 e.